The molecule has 4 radical (unpaired) electrons. The van der Waals surface area contributed by atoms with E-state index in [9.17, 15) is 0 Å². The first-order chi connectivity index (χ1) is 11.4. The predicted octanol–water partition coefficient (Wildman–Crippen LogP) is 2.65. The number of benzene rings is 3. The van der Waals surface area contributed by atoms with Crippen LogP contribution in [0.15, 0.2) is 91.0 Å². The molecule has 120 valence electrons. The third-order valence-corrected chi connectivity index (χ3v) is 5.49. The first-order valence-corrected chi connectivity index (χ1v) is 8.15. The minimum absolute atomic E-state index is 0. The van der Waals surface area contributed by atoms with Gasteiger partial charge in [0.2, 0.25) is 0 Å². The van der Waals surface area contributed by atoms with Crippen molar-refractivity contribution in [2.24, 2.45) is 0 Å². The van der Waals surface area contributed by atoms with Gasteiger partial charge in [0.25, 0.3) is 13.6 Å². The van der Waals surface area contributed by atoms with E-state index in [0.717, 1.165) is 0 Å². The maximum absolute atomic E-state index is 7.50. The van der Waals surface area contributed by atoms with Gasteiger partial charge in [-0.1, -0.05) is 91.0 Å². The molecule has 3 rings (SSSR count). The Morgan fingerprint density at radius 3 is 0.875 bits per heavy atom. The largest absolute Gasteiger partial charge is 0.281 e. The normalized spacial score (nSPS) is 8.71. The minimum Gasteiger partial charge on any atom is -0.281 e. The Morgan fingerprint density at radius 1 is 0.458 bits per heavy atom. The summed E-state index contributed by atoms with van der Waals surface area (Å²) in [6, 6.07) is 32.3. The van der Waals surface area contributed by atoms with Gasteiger partial charge in [0.05, 0.1) is 0 Å². The van der Waals surface area contributed by atoms with E-state index in [1.807, 2.05) is 0 Å². The zero-order valence-electron chi connectivity index (χ0n) is 12.8. The third-order valence-electron chi connectivity index (χ3n) is 3.04. The van der Waals surface area contributed by atoms with Crippen molar-refractivity contribution in [1.29, 1.82) is 0 Å². The van der Waals surface area contributed by atoms with E-state index in [4.69, 9.17) is 9.59 Å². The van der Waals surface area contributed by atoms with Gasteiger partial charge in [0, 0.05) is 17.1 Å². The van der Waals surface area contributed by atoms with Gasteiger partial charge >= 0.3 is 0 Å². The van der Waals surface area contributed by atoms with Crippen LogP contribution in [0.25, 0.3) is 0 Å². The number of hydrogen-bond donors (Lipinski definition) is 0. The van der Waals surface area contributed by atoms with E-state index in [1.54, 1.807) is 0 Å². The van der Waals surface area contributed by atoms with Crippen LogP contribution >= 0.6 is 7.92 Å². The van der Waals surface area contributed by atoms with Crippen LogP contribution in [0.3, 0.4) is 0 Å². The second-order valence-electron chi connectivity index (χ2n) is 4.34. The molecule has 3 aromatic rings. The van der Waals surface area contributed by atoms with E-state index < -0.39 is 7.92 Å². The van der Waals surface area contributed by atoms with Gasteiger partial charge in [-0.25, -0.2) is 0 Å². The molecule has 0 amide bonds. The Morgan fingerprint density at radius 2 is 0.667 bits per heavy atom. The molecular formula is C20H15FeO2P. The minimum atomic E-state index is -0.446. The summed E-state index contributed by atoms with van der Waals surface area (Å²) in [5.74, 6) is 0. The third kappa shape index (κ3) is 6.22. The fraction of sp³-hybridized carbons (Fsp3) is 0. The van der Waals surface area contributed by atoms with E-state index in [-0.39, 0.29) is 17.1 Å². The second kappa shape index (κ2) is 13.4. The van der Waals surface area contributed by atoms with Crippen molar-refractivity contribution in [3.8, 4) is 0 Å². The molecule has 2 nitrogen and oxygen atoms in total. The van der Waals surface area contributed by atoms with Crippen LogP contribution < -0.4 is 15.9 Å². The van der Waals surface area contributed by atoms with Crippen molar-refractivity contribution in [2.45, 2.75) is 0 Å². The Labute approximate surface area is 155 Å². The van der Waals surface area contributed by atoms with Gasteiger partial charge in [-0.2, -0.15) is 0 Å². The quantitative estimate of drug-likeness (QED) is 0.522. The molecule has 0 saturated carbocycles. The van der Waals surface area contributed by atoms with Gasteiger partial charge < -0.3 is 0 Å². The van der Waals surface area contributed by atoms with Crippen LogP contribution in [-0.4, -0.2) is 13.6 Å². The molecule has 0 N–H and O–H groups in total. The molecule has 3 aromatic carbocycles. The SMILES string of the molecule is [C]=O.[C]=O.[Fe].c1ccc(P(c2ccccc2)c2ccccc2)cc1. The second-order valence-corrected chi connectivity index (χ2v) is 6.56. The monoisotopic (exact) mass is 374 g/mol. The Balaban J connectivity index is 0.000000987. The van der Waals surface area contributed by atoms with Gasteiger partial charge in [-0.15, -0.1) is 0 Å². The number of hydrogen-bond acceptors (Lipinski definition) is 2. The molecule has 0 bridgehead atoms. The molecular weight excluding hydrogens is 359 g/mol. The molecule has 0 heterocycles. The molecule has 0 fully saturated rings. The van der Waals surface area contributed by atoms with Crippen molar-refractivity contribution in [3.05, 3.63) is 91.0 Å². The van der Waals surface area contributed by atoms with Crippen LogP contribution in [0.1, 0.15) is 0 Å². The summed E-state index contributed by atoms with van der Waals surface area (Å²) in [4.78, 5) is 15.0. The first kappa shape index (κ1) is 21.9. The van der Waals surface area contributed by atoms with Crippen LogP contribution in [0.2, 0.25) is 0 Å². The van der Waals surface area contributed by atoms with Crippen LogP contribution in [-0.2, 0) is 26.7 Å². The molecule has 24 heavy (non-hydrogen) atoms. The molecule has 4 heteroatoms. The van der Waals surface area contributed by atoms with Crippen molar-refractivity contribution < 1.29 is 26.7 Å². The van der Waals surface area contributed by atoms with Crippen LogP contribution in [0.5, 0.6) is 0 Å². The van der Waals surface area contributed by atoms with Gasteiger partial charge in [0.1, 0.15) is 0 Å². The first-order valence-electron chi connectivity index (χ1n) is 6.81. The van der Waals surface area contributed by atoms with E-state index in [0.29, 0.717) is 0 Å². The summed E-state index contributed by atoms with van der Waals surface area (Å²) < 4.78 is 0. The van der Waals surface area contributed by atoms with Crippen molar-refractivity contribution in [2.75, 3.05) is 0 Å². The summed E-state index contributed by atoms with van der Waals surface area (Å²) in [6.07, 6.45) is 0. The van der Waals surface area contributed by atoms with Gasteiger partial charge in [0.15, 0.2) is 0 Å². The maximum Gasteiger partial charge on any atom is 0.281 e. The topological polar surface area (TPSA) is 34.1 Å². The molecule has 0 aliphatic carbocycles. The van der Waals surface area contributed by atoms with Gasteiger partial charge in [-0.3, -0.25) is 9.59 Å². The Bertz CT molecular complexity index is 567. The number of rotatable bonds is 3. The zero-order chi connectivity index (χ0) is 16.9. The van der Waals surface area contributed by atoms with Gasteiger partial charge in [-0.05, 0) is 23.8 Å². The Kier molecular flexibility index (Phi) is 12.2. The molecule has 0 unspecified atom stereocenters. The molecule has 0 aliphatic heterocycles. The standard InChI is InChI=1S/C18H15P.2CO.Fe/c1-4-10-16(11-5-1)19(17-12-6-2-7-13-17)18-14-8-3-9-15-18;2*1-2;/h1-15H;;;. The number of carbonyl (C=O) groups excluding carboxylic acids is 2. The van der Waals surface area contributed by atoms with Crippen molar-refractivity contribution in [3.63, 3.8) is 0 Å². The summed E-state index contributed by atoms with van der Waals surface area (Å²) in [5, 5.41) is 4.19. The molecule has 0 spiro atoms. The molecule has 0 atom stereocenters. The van der Waals surface area contributed by atoms with Crippen LogP contribution in [0.4, 0.5) is 0 Å². The summed E-state index contributed by atoms with van der Waals surface area (Å²) in [6.45, 7) is 9.00. The van der Waals surface area contributed by atoms with E-state index in [2.05, 4.69) is 105 Å². The predicted molar refractivity (Wildman–Crippen MR) is 96.5 cm³/mol. The fourth-order valence-electron chi connectivity index (χ4n) is 2.18. The summed E-state index contributed by atoms with van der Waals surface area (Å²) in [5.41, 5.74) is 0. The average molecular weight is 374 g/mol. The molecule has 0 aliphatic rings. The summed E-state index contributed by atoms with van der Waals surface area (Å²) in [7, 11) is -0.446. The van der Waals surface area contributed by atoms with Crippen molar-refractivity contribution in [1.82, 2.24) is 0 Å². The van der Waals surface area contributed by atoms with Crippen LogP contribution in [0, 0.1) is 0 Å². The summed E-state index contributed by atoms with van der Waals surface area (Å²) >= 11 is 0. The molecule has 0 saturated heterocycles. The average Bonchev–Trinajstić information content (AvgIpc) is 2.68. The van der Waals surface area contributed by atoms with E-state index in [1.165, 1.54) is 15.9 Å². The smallest absolute Gasteiger partial charge is 0.281 e. The molecule has 0 aromatic heterocycles. The fourth-order valence-corrected chi connectivity index (χ4v) is 4.48. The van der Waals surface area contributed by atoms with Crippen molar-refractivity contribution >= 4 is 37.4 Å². The maximum atomic E-state index is 7.50. The zero-order valence-corrected chi connectivity index (χ0v) is 14.8. The Hall–Kier alpha value is -2.05. The van der Waals surface area contributed by atoms with E-state index >= 15 is 0 Å².